The number of hydrogen-bond acceptors (Lipinski definition) is 6. The van der Waals surface area contributed by atoms with Crippen molar-refractivity contribution in [1.29, 1.82) is 0 Å². The lowest BCUT2D eigenvalue weighted by Crippen LogP contribution is -2.38. The van der Waals surface area contributed by atoms with Crippen LogP contribution in [0.4, 0.5) is 21.0 Å². The second-order valence-electron chi connectivity index (χ2n) is 5.11. The van der Waals surface area contributed by atoms with Crippen LogP contribution in [0.1, 0.15) is 20.7 Å². The largest absolute Gasteiger partial charge is 0.465 e. The van der Waals surface area contributed by atoms with Crippen LogP contribution in [-0.4, -0.2) is 38.2 Å². The molecule has 9 heteroatoms. The third-order valence-electron chi connectivity index (χ3n) is 3.39. The zero-order chi connectivity index (χ0) is 19.8. The number of esters is 2. The predicted octanol–water partition coefficient (Wildman–Crippen LogP) is 2.61. The van der Waals surface area contributed by atoms with Gasteiger partial charge in [-0.15, -0.1) is 0 Å². The molecule has 0 saturated heterocycles. The zero-order valence-electron chi connectivity index (χ0n) is 14.6. The molecule has 0 aromatic heterocycles. The molecule has 0 atom stereocenters. The first-order valence-corrected chi connectivity index (χ1v) is 7.70. The van der Waals surface area contributed by atoms with Gasteiger partial charge in [0, 0.05) is 0 Å². The van der Waals surface area contributed by atoms with E-state index in [4.69, 9.17) is 0 Å². The molecular formula is C18H17N3O6. The third-order valence-corrected chi connectivity index (χ3v) is 3.39. The minimum atomic E-state index is -0.876. The Kier molecular flexibility index (Phi) is 6.48. The molecule has 0 fully saturated rings. The molecular weight excluding hydrogens is 354 g/mol. The van der Waals surface area contributed by atoms with E-state index in [1.165, 1.54) is 38.5 Å². The highest BCUT2D eigenvalue weighted by Crippen LogP contribution is 2.17. The first-order valence-electron chi connectivity index (χ1n) is 7.70. The van der Waals surface area contributed by atoms with Gasteiger partial charge in [-0.05, 0) is 24.3 Å². The lowest BCUT2D eigenvalue weighted by Gasteiger charge is -2.12. The average molecular weight is 371 g/mol. The Morgan fingerprint density at radius 1 is 0.667 bits per heavy atom. The number of carbonyl (C=O) groups excluding carboxylic acids is 4. The van der Waals surface area contributed by atoms with Crippen molar-refractivity contribution in [1.82, 2.24) is 5.32 Å². The maximum atomic E-state index is 12.0. The summed E-state index contributed by atoms with van der Waals surface area (Å²) in [4.78, 5) is 47.4. The minimum Gasteiger partial charge on any atom is -0.465 e. The van der Waals surface area contributed by atoms with Crippen molar-refractivity contribution in [2.45, 2.75) is 0 Å². The number of anilines is 2. The van der Waals surface area contributed by atoms with Crippen molar-refractivity contribution in [2.24, 2.45) is 0 Å². The number of para-hydroxylation sites is 2. The van der Waals surface area contributed by atoms with Gasteiger partial charge in [-0.2, -0.15) is 0 Å². The monoisotopic (exact) mass is 371 g/mol. The van der Waals surface area contributed by atoms with Crippen LogP contribution in [0.5, 0.6) is 0 Å². The Morgan fingerprint density at radius 2 is 1.04 bits per heavy atom. The molecule has 3 N–H and O–H groups in total. The maximum Gasteiger partial charge on any atom is 0.339 e. The van der Waals surface area contributed by atoms with Crippen LogP contribution in [0.15, 0.2) is 48.5 Å². The summed E-state index contributed by atoms with van der Waals surface area (Å²) in [5.74, 6) is -1.27. The Labute approximate surface area is 154 Å². The van der Waals surface area contributed by atoms with Crippen molar-refractivity contribution in [2.75, 3.05) is 24.9 Å². The molecule has 0 aliphatic carbocycles. The summed E-state index contributed by atoms with van der Waals surface area (Å²) in [6.45, 7) is 0. The molecule has 0 aliphatic heterocycles. The second-order valence-corrected chi connectivity index (χ2v) is 5.11. The molecule has 2 aromatic rings. The highest BCUT2D eigenvalue weighted by molar-refractivity contribution is 6.09. The van der Waals surface area contributed by atoms with Crippen LogP contribution in [0.2, 0.25) is 0 Å². The van der Waals surface area contributed by atoms with Crippen molar-refractivity contribution < 1.29 is 28.7 Å². The number of nitrogens with one attached hydrogen (secondary N) is 3. The Balaban J connectivity index is 2.05. The lowest BCUT2D eigenvalue weighted by molar-refractivity contribution is 0.0593. The van der Waals surface area contributed by atoms with Crippen LogP contribution in [0.25, 0.3) is 0 Å². The van der Waals surface area contributed by atoms with Crippen LogP contribution in [0.3, 0.4) is 0 Å². The molecule has 2 rings (SSSR count). The molecule has 0 saturated carbocycles. The molecule has 2 aromatic carbocycles. The summed E-state index contributed by atoms with van der Waals surface area (Å²) in [5.41, 5.74) is 0.604. The van der Waals surface area contributed by atoms with Crippen molar-refractivity contribution in [3.05, 3.63) is 59.7 Å². The number of imide groups is 1. The van der Waals surface area contributed by atoms with Gasteiger partial charge in [0.05, 0.1) is 36.7 Å². The number of urea groups is 2. The predicted molar refractivity (Wildman–Crippen MR) is 96.7 cm³/mol. The number of ether oxygens (including phenoxy) is 2. The summed E-state index contributed by atoms with van der Waals surface area (Å²) in [6.07, 6.45) is 0. The molecule has 140 valence electrons. The maximum absolute atomic E-state index is 12.0. The number of rotatable bonds is 4. The highest BCUT2D eigenvalue weighted by Gasteiger charge is 2.16. The van der Waals surface area contributed by atoms with Gasteiger partial charge in [0.2, 0.25) is 0 Å². The van der Waals surface area contributed by atoms with Gasteiger partial charge in [0.25, 0.3) is 0 Å². The van der Waals surface area contributed by atoms with Gasteiger partial charge in [-0.25, -0.2) is 19.2 Å². The van der Waals surface area contributed by atoms with E-state index >= 15 is 0 Å². The van der Waals surface area contributed by atoms with E-state index in [-0.39, 0.29) is 22.5 Å². The number of hydrogen-bond donors (Lipinski definition) is 3. The van der Waals surface area contributed by atoms with Crippen molar-refractivity contribution in [3.63, 3.8) is 0 Å². The first-order chi connectivity index (χ1) is 13.0. The Hall–Kier alpha value is -3.88. The van der Waals surface area contributed by atoms with E-state index < -0.39 is 24.0 Å². The molecule has 4 amide bonds. The first kappa shape index (κ1) is 19.4. The number of benzene rings is 2. The lowest BCUT2D eigenvalue weighted by atomic mass is 10.2. The van der Waals surface area contributed by atoms with Gasteiger partial charge in [0.1, 0.15) is 0 Å². The molecule has 0 unspecified atom stereocenters. The topological polar surface area (TPSA) is 123 Å². The fourth-order valence-electron chi connectivity index (χ4n) is 2.17. The fourth-order valence-corrected chi connectivity index (χ4v) is 2.17. The van der Waals surface area contributed by atoms with E-state index in [1.807, 2.05) is 5.32 Å². The Bertz CT molecular complexity index is 809. The normalized spacial score (nSPS) is 9.70. The summed E-state index contributed by atoms with van der Waals surface area (Å²) in [7, 11) is 2.43. The van der Waals surface area contributed by atoms with E-state index in [0.717, 1.165) is 0 Å². The van der Waals surface area contributed by atoms with Crippen LogP contribution in [0, 0.1) is 0 Å². The highest BCUT2D eigenvalue weighted by atomic mass is 16.5. The van der Waals surface area contributed by atoms with E-state index in [1.54, 1.807) is 24.3 Å². The number of methoxy groups -OCH3 is 2. The van der Waals surface area contributed by atoms with E-state index in [0.29, 0.717) is 0 Å². The summed E-state index contributed by atoms with van der Waals surface area (Å²) in [6, 6.07) is 10.6. The van der Waals surface area contributed by atoms with Crippen LogP contribution in [-0.2, 0) is 9.47 Å². The van der Waals surface area contributed by atoms with Gasteiger partial charge in [-0.1, -0.05) is 24.3 Å². The molecule has 27 heavy (non-hydrogen) atoms. The van der Waals surface area contributed by atoms with Gasteiger partial charge >= 0.3 is 24.0 Å². The Morgan fingerprint density at radius 3 is 1.41 bits per heavy atom. The summed E-state index contributed by atoms with van der Waals surface area (Å²) in [5, 5.41) is 6.82. The zero-order valence-corrected chi connectivity index (χ0v) is 14.6. The van der Waals surface area contributed by atoms with Gasteiger partial charge in [0.15, 0.2) is 0 Å². The van der Waals surface area contributed by atoms with Crippen molar-refractivity contribution in [3.8, 4) is 0 Å². The molecule has 0 heterocycles. The SMILES string of the molecule is COC(=O)c1ccccc1NC(=O)NC(=O)Nc1ccccc1C(=O)OC. The van der Waals surface area contributed by atoms with Crippen LogP contribution >= 0.6 is 0 Å². The number of carbonyl (C=O) groups is 4. The van der Waals surface area contributed by atoms with E-state index in [9.17, 15) is 19.2 Å². The second kappa shape index (κ2) is 8.99. The summed E-state index contributed by atoms with van der Waals surface area (Å²) >= 11 is 0. The van der Waals surface area contributed by atoms with E-state index in [2.05, 4.69) is 20.1 Å². The van der Waals surface area contributed by atoms with Crippen molar-refractivity contribution >= 4 is 35.4 Å². The molecule has 0 spiro atoms. The smallest absolute Gasteiger partial charge is 0.339 e. The molecule has 9 nitrogen and oxygen atoms in total. The molecule has 0 radical (unpaired) electrons. The molecule has 0 aliphatic rings. The van der Waals surface area contributed by atoms with Crippen LogP contribution < -0.4 is 16.0 Å². The van der Waals surface area contributed by atoms with Gasteiger partial charge < -0.3 is 20.1 Å². The quantitative estimate of drug-likeness (QED) is 0.710. The standard InChI is InChI=1S/C18H17N3O6/c1-26-15(22)11-7-3-5-9-13(11)19-17(24)21-18(25)20-14-10-6-4-8-12(14)16(23)27-2/h3-10H,1-2H3,(H3,19,20,21,24,25). The minimum absolute atomic E-state index is 0.131. The van der Waals surface area contributed by atoms with Gasteiger partial charge in [-0.3, -0.25) is 5.32 Å². The number of amides is 4. The molecule has 0 bridgehead atoms. The fraction of sp³-hybridized carbons (Fsp3) is 0.111. The average Bonchev–Trinajstić information content (AvgIpc) is 2.67. The summed E-state index contributed by atoms with van der Waals surface area (Å²) < 4.78 is 9.26. The third kappa shape index (κ3) is 5.05.